The Balaban J connectivity index is 2.62. The van der Waals surface area contributed by atoms with Crippen LogP contribution in [-0.2, 0) is 6.18 Å². The predicted molar refractivity (Wildman–Crippen MR) is 46.7 cm³/mol. The minimum absolute atomic E-state index is 0.318. The summed E-state index contributed by atoms with van der Waals surface area (Å²) in [5.74, 6) is -0.496. The first-order valence-electron chi connectivity index (χ1n) is 4.09. The lowest BCUT2D eigenvalue weighted by Crippen LogP contribution is -2.07. The minimum Gasteiger partial charge on any atom is -0.251 e. The molecule has 0 fully saturated rings. The van der Waals surface area contributed by atoms with E-state index in [1.54, 1.807) is 0 Å². The largest absolute Gasteiger partial charge is 0.433 e. The second kappa shape index (κ2) is 3.18. The van der Waals surface area contributed by atoms with Crippen LogP contribution in [0.2, 0.25) is 0 Å². The van der Waals surface area contributed by atoms with Crippen molar-refractivity contribution in [2.75, 3.05) is 0 Å². The average molecular weight is 215 g/mol. The summed E-state index contributed by atoms with van der Waals surface area (Å²) in [6.07, 6.45) is -3.45. The van der Waals surface area contributed by atoms with Crippen molar-refractivity contribution in [3.05, 3.63) is 42.0 Å². The van der Waals surface area contributed by atoms with Crippen molar-refractivity contribution in [3.8, 4) is 0 Å². The van der Waals surface area contributed by atoms with E-state index in [9.17, 15) is 17.6 Å². The van der Waals surface area contributed by atoms with Crippen LogP contribution in [0, 0.1) is 5.82 Å². The third kappa shape index (κ3) is 1.91. The Hall–Kier alpha value is -1.65. The van der Waals surface area contributed by atoms with Gasteiger partial charge in [0.2, 0.25) is 0 Å². The normalized spacial score (nSPS) is 12.0. The molecule has 0 saturated carbocycles. The van der Waals surface area contributed by atoms with Crippen molar-refractivity contribution in [2.24, 2.45) is 0 Å². The van der Waals surface area contributed by atoms with Gasteiger partial charge in [0.1, 0.15) is 11.5 Å². The van der Waals surface area contributed by atoms with E-state index >= 15 is 0 Å². The van der Waals surface area contributed by atoms with E-state index in [4.69, 9.17) is 0 Å². The van der Waals surface area contributed by atoms with Crippen LogP contribution in [0.25, 0.3) is 10.8 Å². The lowest BCUT2D eigenvalue weighted by molar-refractivity contribution is -0.141. The molecule has 0 N–H and O–H groups in total. The molecule has 0 saturated heterocycles. The Morgan fingerprint density at radius 3 is 2.40 bits per heavy atom. The van der Waals surface area contributed by atoms with E-state index in [2.05, 4.69) is 4.98 Å². The monoisotopic (exact) mass is 215 g/mol. The molecular formula is C10H5F4N. The highest BCUT2D eigenvalue weighted by Crippen LogP contribution is 2.29. The van der Waals surface area contributed by atoms with Crippen LogP contribution in [0.3, 0.4) is 0 Å². The maximum Gasteiger partial charge on any atom is 0.433 e. The molecule has 1 aromatic heterocycles. The van der Waals surface area contributed by atoms with E-state index in [0.717, 1.165) is 24.4 Å². The molecule has 0 radical (unpaired) electrons. The first-order valence-corrected chi connectivity index (χ1v) is 4.09. The number of rotatable bonds is 0. The van der Waals surface area contributed by atoms with Gasteiger partial charge in [-0.3, -0.25) is 4.98 Å². The number of halogens is 4. The summed E-state index contributed by atoms with van der Waals surface area (Å²) in [7, 11) is 0. The Morgan fingerprint density at radius 2 is 1.73 bits per heavy atom. The zero-order valence-corrected chi connectivity index (χ0v) is 7.35. The molecule has 0 aliphatic rings. The van der Waals surface area contributed by atoms with Crippen LogP contribution < -0.4 is 0 Å². The molecule has 2 aromatic rings. The van der Waals surface area contributed by atoms with Crippen LogP contribution in [0.5, 0.6) is 0 Å². The van der Waals surface area contributed by atoms with Crippen molar-refractivity contribution >= 4 is 10.8 Å². The summed E-state index contributed by atoms with van der Waals surface area (Å²) in [5.41, 5.74) is -0.971. The molecule has 0 aliphatic carbocycles. The van der Waals surface area contributed by atoms with Crippen LogP contribution in [0.4, 0.5) is 17.6 Å². The Kier molecular flexibility index (Phi) is 2.10. The Bertz CT molecular complexity index is 504. The first kappa shape index (κ1) is 9.89. The van der Waals surface area contributed by atoms with Gasteiger partial charge >= 0.3 is 6.18 Å². The van der Waals surface area contributed by atoms with Gasteiger partial charge < -0.3 is 0 Å². The fraction of sp³-hybridized carbons (Fsp3) is 0.100. The number of aromatic nitrogens is 1. The summed E-state index contributed by atoms with van der Waals surface area (Å²) >= 11 is 0. The maximum absolute atomic E-state index is 12.7. The second-order valence-electron chi connectivity index (χ2n) is 3.06. The molecule has 2 rings (SSSR count). The third-order valence-corrected chi connectivity index (χ3v) is 1.97. The van der Waals surface area contributed by atoms with Crippen molar-refractivity contribution in [1.29, 1.82) is 0 Å². The number of hydrogen-bond acceptors (Lipinski definition) is 1. The molecule has 78 valence electrons. The SMILES string of the molecule is Fc1ccc2cc(C(F)(F)F)ncc2c1. The summed E-state index contributed by atoms with van der Waals surface area (Å²) < 4.78 is 49.5. The van der Waals surface area contributed by atoms with E-state index in [-0.39, 0.29) is 0 Å². The van der Waals surface area contributed by atoms with Gasteiger partial charge in [0.05, 0.1) is 0 Å². The highest BCUT2D eigenvalue weighted by atomic mass is 19.4. The van der Waals surface area contributed by atoms with Gasteiger partial charge in [-0.2, -0.15) is 13.2 Å². The molecule has 0 aliphatic heterocycles. The van der Waals surface area contributed by atoms with E-state index in [1.165, 1.54) is 6.07 Å². The molecule has 0 spiro atoms. The van der Waals surface area contributed by atoms with Crippen LogP contribution in [0.1, 0.15) is 5.69 Å². The topological polar surface area (TPSA) is 12.9 Å². The molecule has 0 amide bonds. The Labute approximate surface area is 82.4 Å². The van der Waals surface area contributed by atoms with Crippen LogP contribution in [-0.4, -0.2) is 4.98 Å². The smallest absolute Gasteiger partial charge is 0.251 e. The summed E-state index contributed by atoms with van der Waals surface area (Å²) in [6, 6.07) is 4.45. The van der Waals surface area contributed by atoms with Crippen molar-refractivity contribution < 1.29 is 17.6 Å². The highest BCUT2D eigenvalue weighted by Gasteiger charge is 2.32. The lowest BCUT2D eigenvalue weighted by Gasteiger charge is -2.06. The van der Waals surface area contributed by atoms with E-state index in [1.807, 2.05) is 0 Å². The number of pyridine rings is 1. The van der Waals surface area contributed by atoms with Crippen molar-refractivity contribution in [2.45, 2.75) is 6.18 Å². The summed E-state index contributed by atoms with van der Waals surface area (Å²) in [5, 5.41) is 0.668. The molecule has 5 heteroatoms. The molecule has 0 bridgehead atoms. The second-order valence-corrected chi connectivity index (χ2v) is 3.06. The number of benzene rings is 1. The average Bonchev–Trinajstić information content (AvgIpc) is 2.15. The van der Waals surface area contributed by atoms with Gasteiger partial charge in [0, 0.05) is 11.6 Å². The fourth-order valence-corrected chi connectivity index (χ4v) is 1.27. The van der Waals surface area contributed by atoms with Gasteiger partial charge in [-0.25, -0.2) is 4.39 Å². The number of hydrogen-bond donors (Lipinski definition) is 0. The molecule has 1 aromatic carbocycles. The van der Waals surface area contributed by atoms with Crippen LogP contribution >= 0.6 is 0 Å². The molecule has 1 nitrogen and oxygen atoms in total. The standard InChI is InChI=1S/C10H5F4N/c11-8-2-1-6-4-9(10(12,13)14)15-5-7(6)3-8/h1-5H. The molecule has 1 heterocycles. The maximum atomic E-state index is 12.7. The molecule has 15 heavy (non-hydrogen) atoms. The number of alkyl halides is 3. The van der Waals surface area contributed by atoms with E-state index < -0.39 is 17.7 Å². The van der Waals surface area contributed by atoms with Gasteiger partial charge in [-0.15, -0.1) is 0 Å². The molecular weight excluding hydrogens is 210 g/mol. The Morgan fingerprint density at radius 1 is 1.00 bits per heavy atom. The number of nitrogens with zero attached hydrogens (tertiary/aromatic N) is 1. The van der Waals surface area contributed by atoms with Gasteiger partial charge in [-0.1, -0.05) is 6.07 Å². The van der Waals surface area contributed by atoms with Crippen molar-refractivity contribution in [1.82, 2.24) is 4.98 Å². The summed E-state index contributed by atoms with van der Waals surface area (Å²) in [6.45, 7) is 0. The molecule has 0 unspecified atom stereocenters. The van der Waals surface area contributed by atoms with Gasteiger partial charge in [-0.05, 0) is 23.6 Å². The molecule has 0 atom stereocenters. The zero-order valence-electron chi connectivity index (χ0n) is 7.35. The third-order valence-electron chi connectivity index (χ3n) is 1.97. The lowest BCUT2D eigenvalue weighted by atomic mass is 10.1. The minimum atomic E-state index is -4.47. The van der Waals surface area contributed by atoms with Crippen LogP contribution in [0.15, 0.2) is 30.5 Å². The first-order chi connectivity index (χ1) is 6.97. The summed E-state index contributed by atoms with van der Waals surface area (Å²) in [4.78, 5) is 3.23. The van der Waals surface area contributed by atoms with Crippen molar-refractivity contribution in [3.63, 3.8) is 0 Å². The highest BCUT2D eigenvalue weighted by molar-refractivity contribution is 5.82. The quantitative estimate of drug-likeness (QED) is 0.614. The predicted octanol–water partition coefficient (Wildman–Crippen LogP) is 3.39. The van der Waals surface area contributed by atoms with Gasteiger partial charge in [0.25, 0.3) is 0 Å². The van der Waals surface area contributed by atoms with E-state index in [0.29, 0.717) is 10.8 Å². The number of fused-ring (bicyclic) bond motifs is 1. The van der Waals surface area contributed by atoms with Gasteiger partial charge in [0.15, 0.2) is 0 Å². The zero-order chi connectivity index (χ0) is 11.1. The fourth-order valence-electron chi connectivity index (χ4n) is 1.27.